The normalized spacial score (nSPS) is 12.9. The van der Waals surface area contributed by atoms with E-state index in [9.17, 15) is 14.4 Å². The first-order valence-electron chi connectivity index (χ1n) is 24.2. The van der Waals surface area contributed by atoms with Gasteiger partial charge < -0.3 is 14.2 Å². The molecule has 0 aliphatic rings. The lowest BCUT2D eigenvalue weighted by molar-refractivity contribution is -0.167. The minimum absolute atomic E-state index is 0.117. The van der Waals surface area contributed by atoms with Crippen molar-refractivity contribution in [1.82, 2.24) is 0 Å². The molecule has 60 heavy (non-hydrogen) atoms. The third-order valence-electron chi connectivity index (χ3n) is 9.80. The minimum atomic E-state index is -0.816. The highest BCUT2D eigenvalue weighted by atomic mass is 16.6. The number of hydrogen-bond acceptors (Lipinski definition) is 6. The predicted octanol–water partition coefficient (Wildman–Crippen LogP) is 15.8. The number of carbonyl (C=O) groups is 3. The summed E-state index contributed by atoms with van der Waals surface area (Å²) in [5.41, 5.74) is 0. The molecule has 0 saturated heterocycles. The van der Waals surface area contributed by atoms with Gasteiger partial charge in [-0.3, -0.25) is 14.4 Å². The van der Waals surface area contributed by atoms with Crippen molar-refractivity contribution in [2.45, 2.75) is 213 Å². The smallest absolute Gasteiger partial charge is 0.306 e. The van der Waals surface area contributed by atoms with Crippen LogP contribution in [0.1, 0.15) is 207 Å². The van der Waals surface area contributed by atoms with Crippen molar-refractivity contribution < 1.29 is 28.6 Å². The van der Waals surface area contributed by atoms with Gasteiger partial charge in [0.25, 0.3) is 0 Å². The fourth-order valence-electron chi connectivity index (χ4n) is 6.21. The first kappa shape index (κ1) is 56.3. The number of allylic oxidation sites excluding steroid dienone is 16. The molecule has 0 aliphatic heterocycles. The van der Waals surface area contributed by atoms with E-state index in [-0.39, 0.29) is 37.5 Å². The van der Waals surface area contributed by atoms with Crippen LogP contribution in [0.25, 0.3) is 0 Å². The Morgan fingerprint density at radius 1 is 0.350 bits per heavy atom. The van der Waals surface area contributed by atoms with E-state index in [1.54, 1.807) is 0 Å². The summed E-state index contributed by atoms with van der Waals surface area (Å²) < 4.78 is 16.6. The van der Waals surface area contributed by atoms with Gasteiger partial charge in [0.15, 0.2) is 6.10 Å². The molecule has 0 rings (SSSR count). The number of unbranched alkanes of at least 4 members (excludes halogenated alkanes) is 15. The first-order chi connectivity index (χ1) is 29.5. The monoisotopic (exact) mass is 833 g/mol. The molecule has 0 aliphatic carbocycles. The van der Waals surface area contributed by atoms with Crippen molar-refractivity contribution in [3.63, 3.8) is 0 Å². The maximum absolute atomic E-state index is 12.7. The van der Waals surface area contributed by atoms with Crippen LogP contribution >= 0.6 is 0 Å². The molecule has 0 saturated carbocycles. The third kappa shape index (κ3) is 45.4. The zero-order valence-corrected chi connectivity index (χ0v) is 38.7. The van der Waals surface area contributed by atoms with E-state index in [1.165, 1.54) is 57.8 Å². The van der Waals surface area contributed by atoms with Crippen molar-refractivity contribution in [1.29, 1.82) is 0 Å². The van der Waals surface area contributed by atoms with Gasteiger partial charge in [-0.1, -0.05) is 176 Å². The summed E-state index contributed by atoms with van der Waals surface area (Å²) in [5.74, 6) is -1.03. The highest BCUT2D eigenvalue weighted by Crippen LogP contribution is 2.12. The Labute approximate surface area is 368 Å². The summed E-state index contributed by atoms with van der Waals surface area (Å²) in [6.07, 6.45) is 62.7. The maximum Gasteiger partial charge on any atom is 0.306 e. The average Bonchev–Trinajstić information content (AvgIpc) is 3.24. The van der Waals surface area contributed by atoms with Crippen molar-refractivity contribution in [3.05, 3.63) is 97.2 Å². The van der Waals surface area contributed by atoms with E-state index >= 15 is 0 Å². The van der Waals surface area contributed by atoms with Crippen LogP contribution in [-0.4, -0.2) is 37.2 Å². The summed E-state index contributed by atoms with van der Waals surface area (Å²) in [6.45, 7) is 6.29. The van der Waals surface area contributed by atoms with Crippen LogP contribution < -0.4 is 0 Å². The molecule has 340 valence electrons. The average molecular weight is 833 g/mol. The van der Waals surface area contributed by atoms with Gasteiger partial charge >= 0.3 is 17.9 Å². The Hall–Kier alpha value is -3.67. The van der Waals surface area contributed by atoms with Crippen LogP contribution in [0.5, 0.6) is 0 Å². The van der Waals surface area contributed by atoms with Crippen molar-refractivity contribution in [2.24, 2.45) is 0 Å². The van der Waals surface area contributed by atoms with E-state index in [0.717, 1.165) is 103 Å². The molecular weight excluding hydrogens is 745 g/mol. The highest BCUT2D eigenvalue weighted by Gasteiger charge is 2.19. The zero-order chi connectivity index (χ0) is 43.7. The lowest BCUT2D eigenvalue weighted by Gasteiger charge is -2.18. The molecule has 0 bridgehead atoms. The molecule has 0 fully saturated rings. The number of carbonyl (C=O) groups excluding carboxylic acids is 3. The van der Waals surface area contributed by atoms with Crippen molar-refractivity contribution in [2.75, 3.05) is 13.2 Å². The Kier molecular flexibility index (Phi) is 45.1. The highest BCUT2D eigenvalue weighted by molar-refractivity contribution is 5.71. The fraction of sp³-hybridized carbons (Fsp3) is 0.648. The molecule has 1 atom stereocenters. The number of esters is 3. The van der Waals surface area contributed by atoms with E-state index in [4.69, 9.17) is 14.2 Å². The quantitative estimate of drug-likeness (QED) is 0.0264. The van der Waals surface area contributed by atoms with Gasteiger partial charge in [0.1, 0.15) is 13.2 Å². The topological polar surface area (TPSA) is 78.9 Å². The van der Waals surface area contributed by atoms with Gasteiger partial charge in [-0.25, -0.2) is 0 Å². The standard InChI is InChI=1S/C54H88O6/c1-4-7-10-13-16-19-21-23-25-27-29-30-32-35-38-41-44-47-53(56)59-50-51(49-58-52(55)46-43-40-37-34-18-15-12-9-6-3)60-54(57)48-45-42-39-36-33-31-28-26-24-22-20-17-14-11-8-5-2/h7,9-10,12,16,18-19,23,25-26,28-30,34-35,38,51H,4-6,8,11,13-15,17,20-22,24,27,31-33,36-37,39-50H2,1-3H3/b10-7-,12-9-,19-16-,25-23-,28-26-,30-29-,34-18-,38-35-. The van der Waals surface area contributed by atoms with Crippen LogP contribution in [-0.2, 0) is 28.6 Å². The molecule has 0 N–H and O–H groups in total. The van der Waals surface area contributed by atoms with Crippen LogP contribution in [0.4, 0.5) is 0 Å². The van der Waals surface area contributed by atoms with E-state index < -0.39 is 6.10 Å². The fourth-order valence-corrected chi connectivity index (χ4v) is 6.21. The Bertz CT molecular complexity index is 1230. The van der Waals surface area contributed by atoms with E-state index in [2.05, 4.69) is 118 Å². The van der Waals surface area contributed by atoms with Crippen LogP contribution in [0.2, 0.25) is 0 Å². The minimum Gasteiger partial charge on any atom is -0.462 e. The van der Waals surface area contributed by atoms with Gasteiger partial charge in [0, 0.05) is 19.3 Å². The molecule has 1 unspecified atom stereocenters. The molecule has 0 spiro atoms. The van der Waals surface area contributed by atoms with Crippen LogP contribution in [0.15, 0.2) is 97.2 Å². The molecule has 0 heterocycles. The van der Waals surface area contributed by atoms with Gasteiger partial charge in [-0.15, -0.1) is 0 Å². The van der Waals surface area contributed by atoms with Crippen molar-refractivity contribution in [3.8, 4) is 0 Å². The summed E-state index contributed by atoms with van der Waals surface area (Å²) in [7, 11) is 0. The Morgan fingerprint density at radius 3 is 1.13 bits per heavy atom. The van der Waals surface area contributed by atoms with E-state index in [0.29, 0.717) is 19.3 Å². The van der Waals surface area contributed by atoms with Gasteiger partial charge in [-0.2, -0.15) is 0 Å². The third-order valence-corrected chi connectivity index (χ3v) is 9.80. The van der Waals surface area contributed by atoms with E-state index in [1.807, 2.05) is 0 Å². The molecule has 0 aromatic heterocycles. The second kappa shape index (κ2) is 48.0. The largest absolute Gasteiger partial charge is 0.462 e. The lowest BCUT2D eigenvalue weighted by atomic mass is 10.1. The zero-order valence-electron chi connectivity index (χ0n) is 38.7. The molecule has 0 aromatic rings. The summed E-state index contributed by atoms with van der Waals surface area (Å²) in [5, 5.41) is 0. The number of ether oxygens (including phenoxy) is 3. The second-order valence-corrected chi connectivity index (χ2v) is 15.6. The Morgan fingerprint density at radius 2 is 0.667 bits per heavy atom. The molecular formula is C54H88O6. The SMILES string of the molecule is CC/C=C\C/C=C\C/C=C\C/C=C\C/C=C\CCCC(=O)OCC(COC(=O)CCCC/C=C\C/C=C\CC)OC(=O)CCCCCCC/C=C\CCCCCCCCC. The summed E-state index contributed by atoms with van der Waals surface area (Å²) in [6, 6.07) is 0. The van der Waals surface area contributed by atoms with Gasteiger partial charge in [0.05, 0.1) is 0 Å². The molecule has 6 heteroatoms. The van der Waals surface area contributed by atoms with Crippen molar-refractivity contribution >= 4 is 17.9 Å². The second-order valence-electron chi connectivity index (χ2n) is 15.6. The van der Waals surface area contributed by atoms with Gasteiger partial charge in [-0.05, 0) is 109 Å². The first-order valence-corrected chi connectivity index (χ1v) is 24.2. The van der Waals surface area contributed by atoms with Crippen LogP contribution in [0.3, 0.4) is 0 Å². The van der Waals surface area contributed by atoms with Gasteiger partial charge in [0.2, 0.25) is 0 Å². The summed E-state index contributed by atoms with van der Waals surface area (Å²) >= 11 is 0. The maximum atomic E-state index is 12.7. The Balaban J connectivity index is 4.48. The molecule has 6 nitrogen and oxygen atoms in total. The molecule has 0 amide bonds. The molecule has 0 aromatic carbocycles. The lowest BCUT2D eigenvalue weighted by Crippen LogP contribution is -2.30. The number of hydrogen-bond donors (Lipinski definition) is 0. The van der Waals surface area contributed by atoms with Crippen LogP contribution in [0, 0.1) is 0 Å². The summed E-state index contributed by atoms with van der Waals surface area (Å²) in [4.78, 5) is 37.8. The number of rotatable bonds is 42. The predicted molar refractivity (Wildman–Crippen MR) is 256 cm³/mol. The molecule has 0 radical (unpaired) electrons.